The smallest absolute Gasteiger partial charge is 0.0715 e. The molecule has 1 nitrogen and oxygen atoms in total. The molecule has 8 rings (SSSR count). The lowest BCUT2D eigenvalue weighted by Crippen LogP contribution is -2.15. The van der Waals surface area contributed by atoms with Gasteiger partial charge in [0.1, 0.15) is 0 Å². The third kappa shape index (κ3) is 4.87. The molecule has 1 heteroatoms. The van der Waals surface area contributed by atoms with Crippen LogP contribution in [-0.2, 0) is 5.41 Å². The molecule has 45 heavy (non-hydrogen) atoms. The largest absolute Gasteiger partial charge is 0.248 e. The van der Waals surface area contributed by atoms with Gasteiger partial charge in [-0.05, 0) is 86.0 Å². The molecule has 0 fully saturated rings. The predicted octanol–water partition coefficient (Wildman–Crippen LogP) is 11.7. The normalized spacial score (nSPS) is 12.8. The Morgan fingerprint density at radius 2 is 0.844 bits per heavy atom. The van der Waals surface area contributed by atoms with Crippen LogP contribution in [0.3, 0.4) is 0 Å². The molecule has 1 aliphatic rings. The second kappa shape index (κ2) is 10.9. The first-order chi connectivity index (χ1) is 22.0. The highest BCUT2D eigenvalue weighted by Crippen LogP contribution is 2.50. The molecule has 0 amide bonds. The van der Waals surface area contributed by atoms with Crippen LogP contribution in [0.5, 0.6) is 0 Å². The first-order valence-electron chi connectivity index (χ1n) is 15.6. The van der Waals surface area contributed by atoms with E-state index in [2.05, 4.69) is 172 Å². The summed E-state index contributed by atoms with van der Waals surface area (Å²) >= 11 is 0. The van der Waals surface area contributed by atoms with Crippen LogP contribution in [0, 0.1) is 0 Å². The van der Waals surface area contributed by atoms with Crippen LogP contribution in [0.25, 0.3) is 67.0 Å². The topological polar surface area (TPSA) is 12.9 Å². The number of fused-ring (bicyclic) bond motifs is 3. The van der Waals surface area contributed by atoms with E-state index in [1.54, 1.807) is 0 Å². The van der Waals surface area contributed by atoms with Crippen molar-refractivity contribution in [2.45, 2.75) is 19.3 Å². The molecule has 214 valence electrons. The second-order valence-electron chi connectivity index (χ2n) is 12.5. The molecule has 0 saturated heterocycles. The summed E-state index contributed by atoms with van der Waals surface area (Å²) in [6.45, 7) is 4.70. The lowest BCUT2D eigenvalue weighted by molar-refractivity contribution is 0.660. The minimum atomic E-state index is -0.0640. The van der Waals surface area contributed by atoms with Crippen molar-refractivity contribution >= 4 is 0 Å². The zero-order valence-corrected chi connectivity index (χ0v) is 25.5. The van der Waals surface area contributed by atoms with E-state index in [-0.39, 0.29) is 5.41 Å². The molecule has 0 unspecified atom stereocenters. The molecular formula is C44H33N. The Morgan fingerprint density at radius 1 is 0.333 bits per heavy atom. The summed E-state index contributed by atoms with van der Waals surface area (Å²) in [5.41, 5.74) is 16.8. The monoisotopic (exact) mass is 575 g/mol. The highest BCUT2D eigenvalue weighted by molar-refractivity contribution is 5.87. The quantitative estimate of drug-likeness (QED) is 0.199. The average molecular weight is 576 g/mol. The van der Waals surface area contributed by atoms with Gasteiger partial charge in [-0.2, -0.15) is 0 Å². The standard InChI is InChI=1S/C44H33N/c1-44(2)40-24-22-34(26-39(40)38-23-21-35(27-41(38)44)30-13-6-3-7-14-30)33-19-12-20-36(25-33)43-29-37(31-15-8-4-9-16-31)28-42(45-43)32-17-10-5-11-18-32/h3-29H,1-2H3. The molecule has 1 heterocycles. The highest BCUT2D eigenvalue weighted by atomic mass is 14.7. The van der Waals surface area contributed by atoms with Gasteiger partial charge >= 0.3 is 0 Å². The van der Waals surface area contributed by atoms with Crippen molar-refractivity contribution in [2.75, 3.05) is 0 Å². The van der Waals surface area contributed by atoms with E-state index in [1.807, 2.05) is 6.07 Å². The third-order valence-electron chi connectivity index (χ3n) is 9.28. The van der Waals surface area contributed by atoms with E-state index in [1.165, 1.54) is 50.1 Å². The van der Waals surface area contributed by atoms with Gasteiger partial charge in [0.15, 0.2) is 0 Å². The van der Waals surface area contributed by atoms with E-state index < -0.39 is 0 Å². The van der Waals surface area contributed by atoms with Crippen LogP contribution in [0.2, 0.25) is 0 Å². The minimum absolute atomic E-state index is 0.0640. The van der Waals surface area contributed by atoms with Gasteiger partial charge in [0.25, 0.3) is 0 Å². The summed E-state index contributed by atoms with van der Waals surface area (Å²) in [5.74, 6) is 0. The fraction of sp³-hybridized carbons (Fsp3) is 0.0682. The summed E-state index contributed by atoms with van der Waals surface area (Å²) in [7, 11) is 0. The summed E-state index contributed by atoms with van der Waals surface area (Å²) in [4.78, 5) is 5.17. The van der Waals surface area contributed by atoms with Crippen LogP contribution >= 0.6 is 0 Å². The van der Waals surface area contributed by atoms with Crippen LogP contribution in [0.4, 0.5) is 0 Å². The van der Waals surface area contributed by atoms with Crippen molar-refractivity contribution in [2.24, 2.45) is 0 Å². The first kappa shape index (κ1) is 27.0. The molecule has 0 saturated carbocycles. The average Bonchev–Trinajstić information content (AvgIpc) is 3.34. The van der Waals surface area contributed by atoms with Gasteiger partial charge in [-0.15, -0.1) is 0 Å². The molecule has 0 N–H and O–H groups in total. The van der Waals surface area contributed by atoms with E-state index >= 15 is 0 Å². The maximum absolute atomic E-state index is 5.17. The highest BCUT2D eigenvalue weighted by Gasteiger charge is 2.35. The van der Waals surface area contributed by atoms with Crippen LogP contribution in [0.15, 0.2) is 164 Å². The lowest BCUT2D eigenvalue weighted by Gasteiger charge is -2.22. The van der Waals surface area contributed by atoms with Gasteiger partial charge in [0.2, 0.25) is 0 Å². The summed E-state index contributed by atoms with van der Waals surface area (Å²) < 4.78 is 0. The minimum Gasteiger partial charge on any atom is -0.248 e. The maximum Gasteiger partial charge on any atom is 0.0715 e. The van der Waals surface area contributed by atoms with E-state index in [0.717, 1.165) is 28.1 Å². The van der Waals surface area contributed by atoms with E-state index in [4.69, 9.17) is 4.98 Å². The Bertz CT molecular complexity index is 2100. The number of benzene rings is 6. The Balaban J connectivity index is 1.21. The molecule has 1 aliphatic carbocycles. The van der Waals surface area contributed by atoms with Gasteiger partial charge in [-0.3, -0.25) is 0 Å². The van der Waals surface area contributed by atoms with E-state index in [0.29, 0.717) is 0 Å². The van der Waals surface area contributed by atoms with Crippen molar-refractivity contribution in [1.82, 2.24) is 4.98 Å². The number of nitrogens with zero attached hydrogens (tertiary/aromatic N) is 1. The van der Waals surface area contributed by atoms with Crippen LogP contribution in [-0.4, -0.2) is 4.98 Å². The fourth-order valence-electron chi connectivity index (χ4n) is 6.83. The molecule has 0 radical (unpaired) electrons. The molecule has 6 aromatic carbocycles. The SMILES string of the molecule is CC1(C)c2ccc(-c3cccc(-c4cc(-c5ccccc5)cc(-c5ccccc5)n4)c3)cc2-c2ccc(-c3ccccc3)cc21. The van der Waals surface area contributed by atoms with Crippen molar-refractivity contribution in [3.63, 3.8) is 0 Å². The Labute approximate surface area is 265 Å². The zero-order chi connectivity index (χ0) is 30.4. The number of hydrogen-bond acceptors (Lipinski definition) is 1. The van der Waals surface area contributed by atoms with Crippen LogP contribution in [0.1, 0.15) is 25.0 Å². The Hall–Kier alpha value is -5.53. The summed E-state index contributed by atoms with van der Waals surface area (Å²) in [6.07, 6.45) is 0. The van der Waals surface area contributed by atoms with E-state index in [9.17, 15) is 0 Å². The number of rotatable bonds is 5. The molecule has 0 aliphatic heterocycles. The summed E-state index contributed by atoms with van der Waals surface area (Å²) in [5, 5.41) is 0. The number of aromatic nitrogens is 1. The second-order valence-corrected chi connectivity index (χ2v) is 12.5. The zero-order valence-electron chi connectivity index (χ0n) is 25.5. The molecule has 7 aromatic rings. The molecule has 0 bridgehead atoms. The molecule has 0 spiro atoms. The molecular weight excluding hydrogens is 542 g/mol. The Kier molecular flexibility index (Phi) is 6.54. The Morgan fingerprint density at radius 3 is 1.53 bits per heavy atom. The van der Waals surface area contributed by atoms with Gasteiger partial charge in [0, 0.05) is 16.5 Å². The molecule has 0 atom stereocenters. The number of hydrogen-bond donors (Lipinski definition) is 0. The van der Waals surface area contributed by atoms with Crippen LogP contribution < -0.4 is 0 Å². The van der Waals surface area contributed by atoms with Gasteiger partial charge in [-0.25, -0.2) is 4.98 Å². The maximum atomic E-state index is 5.17. The fourth-order valence-corrected chi connectivity index (χ4v) is 6.83. The van der Waals surface area contributed by atoms with Crippen molar-refractivity contribution < 1.29 is 0 Å². The summed E-state index contributed by atoms with van der Waals surface area (Å²) in [6, 6.07) is 58.9. The predicted molar refractivity (Wildman–Crippen MR) is 189 cm³/mol. The van der Waals surface area contributed by atoms with Gasteiger partial charge < -0.3 is 0 Å². The lowest BCUT2D eigenvalue weighted by atomic mass is 9.81. The molecule has 1 aromatic heterocycles. The van der Waals surface area contributed by atoms with Gasteiger partial charge in [-0.1, -0.05) is 147 Å². The van der Waals surface area contributed by atoms with Crippen molar-refractivity contribution in [1.29, 1.82) is 0 Å². The van der Waals surface area contributed by atoms with Crippen molar-refractivity contribution in [3.8, 4) is 67.0 Å². The third-order valence-corrected chi connectivity index (χ3v) is 9.28. The van der Waals surface area contributed by atoms with Crippen molar-refractivity contribution in [3.05, 3.63) is 175 Å². The first-order valence-corrected chi connectivity index (χ1v) is 15.6. The van der Waals surface area contributed by atoms with Gasteiger partial charge in [0.05, 0.1) is 11.4 Å². The number of pyridine rings is 1.